The fourth-order valence-corrected chi connectivity index (χ4v) is 21.4. The number of aliphatic hydroxyl groups excluding tert-OH is 11. The SMILES string of the molecule is CO[C@H](C(=O)[C@@H](O)[C@@H](C)O)[C@@H]1Cc2cc3cc(O[C@H]4C[C@@H](O[C@H]5C[C@@H](O)[C@H](O)[C@@H](C)O5)[C@H](O)[C@@H](C)O4)c(C)c(O)c3c(O)c2C(=O)[C@H]1O[C@H]1C[C@@H](O[C@H]2C[C@@H](O[C@H]3C[C@](C)(O)[C@H](O)[C@@H](C)O3)[C@@H](O)[C@@H](C)O2)[C@H](O)[C@@H](C)O1.C[C@@H](O)[C@@H]1NC(=O)[C@H](CCCCN)NC(=O)[C@@H](Cc2c[nH]c3ccccc23)NC(=O)[C@H](Cc2ccccc2)NC(=O)[C@@H](NC(=O)[C@H](N)Cc2ccccc2)CSSC[C@@H](C(=O)N[C@H](CO)[C@@H](C)O)NC1=O.Cl. The number of rotatable bonds is 32. The van der Waals surface area contributed by atoms with Crippen molar-refractivity contribution >= 4 is 109 Å². The molecule has 1 aliphatic carbocycles. The summed E-state index contributed by atoms with van der Waals surface area (Å²) in [5.74, 6) is -10.1. The molecule has 35 atom stereocenters. The molecule has 26 N–H and O–H groups in total. The van der Waals surface area contributed by atoms with Crippen LogP contribution >= 0.6 is 34.0 Å². The lowest BCUT2D eigenvalue weighted by molar-refractivity contribution is -0.334. The Balaban J connectivity index is 0.000000280. The summed E-state index contributed by atoms with van der Waals surface area (Å²) in [6.45, 7) is 14.3. The number of phenols is 2. The third kappa shape index (κ3) is 30.1. The van der Waals surface area contributed by atoms with Crippen LogP contribution in [0.4, 0.5) is 0 Å². The highest BCUT2D eigenvalue weighted by atomic mass is 35.5. The van der Waals surface area contributed by atoms with Crippen LogP contribution in [0.2, 0.25) is 0 Å². The van der Waals surface area contributed by atoms with E-state index in [0.29, 0.717) is 24.0 Å². The second-order valence-corrected chi connectivity index (χ2v) is 41.7. The van der Waals surface area contributed by atoms with Gasteiger partial charge in [-0.3, -0.25) is 43.2 Å². The Morgan fingerprint density at radius 3 is 1.72 bits per heavy atom. The van der Waals surface area contributed by atoms with E-state index in [-0.39, 0.29) is 128 Å². The fourth-order valence-electron chi connectivity index (χ4n) is 19.1. The number of hydrogen-bond acceptors (Lipinski definition) is 38. The van der Waals surface area contributed by atoms with Crippen molar-refractivity contribution in [1.82, 2.24) is 42.2 Å². The highest BCUT2D eigenvalue weighted by Crippen LogP contribution is 2.48. The summed E-state index contributed by atoms with van der Waals surface area (Å²) in [7, 11) is 3.24. The number of aromatic nitrogens is 1. The van der Waals surface area contributed by atoms with Gasteiger partial charge in [0.05, 0.1) is 108 Å². The number of Topliss-reactive ketones (excluding diaryl/α,β-unsaturated/α-hetero) is 2. The van der Waals surface area contributed by atoms with Crippen LogP contribution < -0.4 is 53.4 Å². The van der Waals surface area contributed by atoms with Crippen LogP contribution in [-0.4, -0.2) is 369 Å². The Morgan fingerprint density at radius 1 is 0.608 bits per heavy atom. The van der Waals surface area contributed by atoms with Crippen molar-refractivity contribution in [2.45, 2.75) is 354 Å². The third-order valence-electron chi connectivity index (χ3n) is 27.7. The van der Waals surface area contributed by atoms with Crippen molar-refractivity contribution < 1.29 is 167 Å². The van der Waals surface area contributed by atoms with E-state index in [1.807, 2.05) is 30.3 Å². The molecule has 7 heterocycles. The smallest absolute Gasteiger partial charge is 0.245 e. The minimum Gasteiger partial charge on any atom is -0.507 e. The molecule has 6 aromatic rings. The number of carbonyl (C=O) groups is 9. The number of H-pyrrole nitrogens is 1. The maximum Gasteiger partial charge on any atom is 0.245 e. The van der Waals surface area contributed by atoms with Gasteiger partial charge in [0.25, 0.3) is 0 Å². The van der Waals surface area contributed by atoms with E-state index < -0.39 is 284 Å². The fraction of sp³-hybridized carbons (Fsp3) is 0.614. The van der Waals surface area contributed by atoms with Crippen molar-refractivity contribution in [3.63, 3.8) is 0 Å². The highest BCUT2D eigenvalue weighted by Gasteiger charge is 2.53. The van der Waals surface area contributed by atoms with Gasteiger partial charge in [0.1, 0.15) is 102 Å². The van der Waals surface area contributed by atoms with Gasteiger partial charge in [0.15, 0.2) is 36.7 Å². The van der Waals surface area contributed by atoms with Gasteiger partial charge in [-0.1, -0.05) is 100 Å². The summed E-state index contributed by atoms with van der Waals surface area (Å²) < 4.78 is 66.5. The molecule has 148 heavy (non-hydrogen) atoms. The molecule has 820 valence electrons. The van der Waals surface area contributed by atoms with E-state index in [4.69, 9.17) is 63.6 Å². The Bertz CT molecular complexity index is 5430. The molecule has 6 saturated heterocycles. The lowest BCUT2D eigenvalue weighted by Gasteiger charge is -2.46. The van der Waals surface area contributed by atoms with Gasteiger partial charge in [0, 0.05) is 92.1 Å². The first-order chi connectivity index (χ1) is 69.8. The van der Waals surface area contributed by atoms with Crippen molar-refractivity contribution in [1.29, 1.82) is 0 Å². The summed E-state index contributed by atoms with van der Waals surface area (Å²) in [5.41, 5.74) is 13.5. The second-order valence-electron chi connectivity index (χ2n) is 39.2. The first-order valence-corrected chi connectivity index (χ1v) is 52.0. The van der Waals surface area contributed by atoms with Gasteiger partial charge in [-0.05, 0) is 154 Å². The van der Waals surface area contributed by atoms with E-state index in [0.717, 1.165) is 38.1 Å². The molecule has 6 fully saturated rings. The van der Waals surface area contributed by atoms with Crippen LogP contribution in [-0.2, 0) is 111 Å². The molecule has 0 bridgehead atoms. The minimum atomic E-state index is -1.95. The number of amides is 7. The number of aromatic hydroxyl groups is 2. The molecule has 0 spiro atoms. The zero-order chi connectivity index (χ0) is 107. The predicted molar refractivity (Wildman–Crippen MR) is 538 cm³/mol. The zero-order valence-electron chi connectivity index (χ0n) is 84.1. The summed E-state index contributed by atoms with van der Waals surface area (Å²) in [6.07, 6.45) is -27.2. The summed E-state index contributed by atoms with van der Waals surface area (Å²) in [6, 6.07) is 17.6. The van der Waals surface area contributed by atoms with Crippen molar-refractivity contribution in [3.8, 4) is 17.2 Å². The van der Waals surface area contributed by atoms with Crippen molar-refractivity contribution in [2.24, 2.45) is 17.4 Å². The van der Waals surface area contributed by atoms with Crippen LogP contribution in [0.5, 0.6) is 17.2 Å². The predicted octanol–water partition coefficient (Wildman–Crippen LogP) is -0.633. The molecule has 7 amide bonds. The van der Waals surface area contributed by atoms with E-state index in [9.17, 15) is 110 Å². The van der Waals surface area contributed by atoms with E-state index >= 15 is 4.79 Å². The van der Waals surface area contributed by atoms with Crippen LogP contribution in [0.1, 0.15) is 152 Å². The first kappa shape index (κ1) is 119. The number of nitrogens with one attached hydrogen (secondary N) is 8. The monoisotopic (exact) mass is 2140 g/mol. The third-order valence-corrected chi connectivity index (χ3v) is 30.2. The zero-order valence-corrected chi connectivity index (χ0v) is 86.5. The summed E-state index contributed by atoms with van der Waals surface area (Å²) in [4.78, 5) is 132. The molecule has 5 aromatic carbocycles. The number of phenolic OH excluding ortho intramolecular Hbond substituents is 2. The molecule has 13 rings (SSSR count). The molecule has 0 radical (unpaired) electrons. The van der Waals surface area contributed by atoms with Gasteiger partial charge in [0.2, 0.25) is 47.6 Å². The average molecular weight is 2140 g/mol. The molecule has 0 saturated carbocycles. The maximum atomic E-state index is 15.0. The number of aliphatic hydroxyl groups is 12. The molecular weight excluding hydrogens is 2000 g/mol. The molecule has 47 heteroatoms. The van der Waals surface area contributed by atoms with E-state index in [1.165, 1.54) is 60.8 Å². The van der Waals surface area contributed by atoms with Gasteiger partial charge >= 0.3 is 0 Å². The van der Waals surface area contributed by atoms with Gasteiger partial charge in [-0.2, -0.15) is 0 Å². The summed E-state index contributed by atoms with van der Waals surface area (Å²) in [5, 5.41) is 171. The lowest BCUT2D eigenvalue weighted by Crippen LogP contribution is -2.62. The number of ether oxygens (including phenoxy) is 11. The normalized spacial score (nSPS) is 32.8. The Labute approximate surface area is 869 Å². The van der Waals surface area contributed by atoms with Crippen molar-refractivity contribution in [3.05, 3.63) is 137 Å². The topological polar surface area (TPSA) is 690 Å². The number of methoxy groups -OCH3 is 1. The van der Waals surface area contributed by atoms with Crippen LogP contribution in [0.25, 0.3) is 21.7 Å². The first-order valence-electron chi connectivity index (χ1n) is 49.5. The molecule has 1 aromatic heterocycles. The maximum absolute atomic E-state index is 15.0. The Morgan fingerprint density at radius 2 is 1.14 bits per heavy atom. The number of para-hydroxylation sites is 1. The lowest BCUT2D eigenvalue weighted by atomic mass is 9.75. The number of benzene rings is 5. The minimum absolute atomic E-state index is 0. The number of unbranched alkanes of at least 4 members (excludes halogenated alkanes) is 1. The summed E-state index contributed by atoms with van der Waals surface area (Å²) >= 11 is 0. The van der Waals surface area contributed by atoms with Crippen LogP contribution in [0.15, 0.2) is 103 Å². The van der Waals surface area contributed by atoms with E-state index in [2.05, 4.69) is 42.2 Å². The molecular formula is C101H143ClN10O34S2. The molecule has 6 aliphatic heterocycles. The number of ketones is 2. The molecule has 44 nitrogen and oxygen atoms in total. The number of carbonyl (C=O) groups excluding carboxylic acids is 9. The Kier molecular flexibility index (Phi) is 43.5. The Hall–Kier alpha value is -9.04. The number of fused-ring (bicyclic) bond motifs is 3. The van der Waals surface area contributed by atoms with Gasteiger partial charge in [-0.25, -0.2) is 0 Å². The number of aromatic amines is 1. The quantitative estimate of drug-likeness (QED) is 0.0185. The van der Waals surface area contributed by atoms with Gasteiger partial charge in [-0.15, -0.1) is 12.4 Å². The van der Waals surface area contributed by atoms with Crippen molar-refractivity contribution in [2.75, 3.05) is 31.8 Å². The standard InChI is InChI=1S/C52H76O24.C49H66N10O10S2.ClH/c1-18-29(72-34-14-30(43(58)21(4)68-34)73-33-13-28(54)42(57)20(3)67-33)12-26-10-25-11-27(49(66-9)48(63)41(56)19(2)53)50(47(62)39(25)46(61)38(26)40(18)55)76-36-16-31(44(59)23(6)70-36)74-35-15-32(45(60)22(5)69-35)75-37-17-52(8,65)51(64)24(7)71-37;1-28(61)39(25-60)56-48(68)41-27-71-70-26-40(57-43(63)34(51)21-30-13-5-3-6-14-30)47(67)54-37(22-31-15-7-4-8-16-31)45(65)55-38(23-32-24-52-35-18-10-9-17-33(32)35)46(66)53-36(19-11-12-20-50)44(64)59-42(29(2)62)49(69)58-41;/h10,12,19-24,27-28,30-37,41-45,49-51,53-61,64-65H,11,13-17H2,1-9H3;3-10,13-18,24,28-29,34,36-42,52,60-62H,11-12,19-23,25-27,50-51H2,1-2H3,(H,53,66)(H,54,67)(H,55,65)(H,56,68)(H,57,63)(H,58,69)(H,59,64);1H/t19-,20-,21-,22-,23-,24-,27+,28-,30-,31-,32-,33+,34+,35+,36+,37+,41+,42-,43-,44-,45+,49+,50+,51-,52+;28-,29-,34-,36+,37+,38-,39-,40+,41+,42+;/m11./s1. The van der Waals surface area contributed by atoms with Crippen LogP contribution in [0, 0.1) is 12.8 Å². The highest BCUT2D eigenvalue weighted by molar-refractivity contribution is 8.76. The van der Waals surface area contributed by atoms with E-state index in [1.54, 1.807) is 88.5 Å². The largest absolute Gasteiger partial charge is 0.507 e. The second kappa shape index (κ2) is 54.0. The van der Waals surface area contributed by atoms with Crippen LogP contribution in [0.3, 0.4) is 0 Å². The van der Waals surface area contributed by atoms with Gasteiger partial charge < -0.3 is 177 Å². The average Bonchev–Trinajstić information content (AvgIpc) is 0.815. The number of halogens is 1. The molecule has 7 aliphatic rings. The molecule has 0 unspecified atom stereocenters. The number of nitrogens with two attached hydrogens (primary N) is 2. The number of hydrogen-bond donors (Lipinski definition) is 24.